The van der Waals surface area contributed by atoms with E-state index in [1.807, 2.05) is 37.6 Å². The van der Waals surface area contributed by atoms with Crippen molar-refractivity contribution in [2.24, 2.45) is 0 Å². The highest BCUT2D eigenvalue weighted by Gasteiger charge is 2.23. The third kappa shape index (κ3) is 8.34. The van der Waals surface area contributed by atoms with Crippen molar-refractivity contribution in [3.63, 3.8) is 0 Å². The van der Waals surface area contributed by atoms with Crippen LogP contribution in [0, 0.1) is 0 Å². The molecule has 4 aromatic rings. The molecule has 0 saturated heterocycles. The van der Waals surface area contributed by atoms with Crippen molar-refractivity contribution >= 4 is 44.1 Å². The van der Waals surface area contributed by atoms with Crippen LogP contribution in [0.4, 0.5) is 0 Å². The Labute approximate surface area is 245 Å². The van der Waals surface area contributed by atoms with Crippen LogP contribution in [0.15, 0.2) is 36.9 Å². The molecule has 0 aliphatic carbocycles. The Balaban J connectivity index is 1.70. The van der Waals surface area contributed by atoms with Crippen LogP contribution in [0.1, 0.15) is 31.1 Å². The monoisotopic (exact) mass is 594 g/mol. The normalized spacial score (nSPS) is 12.9. The first-order chi connectivity index (χ1) is 19.1. The van der Waals surface area contributed by atoms with E-state index >= 15 is 0 Å². The summed E-state index contributed by atoms with van der Waals surface area (Å²) in [6.07, 6.45) is 7.34. The van der Waals surface area contributed by atoms with E-state index < -0.39 is 21.7 Å². The van der Waals surface area contributed by atoms with E-state index in [9.17, 15) is 4.79 Å². The summed E-state index contributed by atoms with van der Waals surface area (Å²) in [5, 5.41) is 4.12. The topological polar surface area (TPSA) is 96.1 Å². The standard InChI is InChI=1S/C30H46N6O3Si2/c1-30(2,3)34-29(37)23-19-36(21-39-15-17-41(7,8)9)28-25(23)33-24(18-32-28)26-27-22(10-12-31-26)11-13-35(27)20-38-14-16-40(4,5)6/h10-13,18-19H,14-17,20-21H2,1-9H3,(H,34,37). The number of carbonyl (C=O) groups excluding carboxylic acids is 1. The number of amides is 1. The molecule has 0 atom stereocenters. The summed E-state index contributed by atoms with van der Waals surface area (Å²) >= 11 is 0. The van der Waals surface area contributed by atoms with Gasteiger partial charge in [0.05, 0.1) is 17.3 Å². The van der Waals surface area contributed by atoms with E-state index in [0.717, 1.165) is 29.6 Å². The van der Waals surface area contributed by atoms with Crippen molar-refractivity contribution in [2.45, 2.75) is 91.1 Å². The maximum Gasteiger partial charge on any atom is 0.255 e. The molecule has 4 heterocycles. The summed E-state index contributed by atoms with van der Waals surface area (Å²) in [6, 6.07) is 6.22. The molecule has 0 fully saturated rings. The SMILES string of the molecule is CC(C)(C)NC(=O)c1cn(COCC[Si](C)(C)C)c2ncc(-c3nccc4ccn(COCC[Si](C)(C)C)c34)nc12. The molecular weight excluding hydrogens is 549 g/mol. The number of carbonyl (C=O) groups is 1. The van der Waals surface area contributed by atoms with Gasteiger partial charge in [-0.05, 0) is 45.0 Å². The lowest BCUT2D eigenvalue weighted by atomic mass is 10.1. The van der Waals surface area contributed by atoms with Gasteiger partial charge >= 0.3 is 0 Å². The van der Waals surface area contributed by atoms with Gasteiger partial charge < -0.3 is 23.9 Å². The molecule has 0 aliphatic rings. The molecule has 4 rings (SSSR count). The maximum atomic E-state index is 13.4. The fourth-order valence-electron chi connectivity index (χ4n) is 4.37. The third-order valence-corrected chi connectivity index (χ3v) is 10.1. The molecule has 0 saturated carbocycles. The Morgan fingerprint density at radius 3 is 2.17 bits per heavy atom. The highest BCUT2D eigenvalue weighted by Crippen LogP contribution is 2.29. The highest BCUT2D eigenvalue weighted by atomic mass is 28.3. The lowest BCUT2D eigenvalue weighted by Crippen LogP contribution is -2.40. The van der Waals surface area contributed by atoms with Crippen molar-refractivity contribution in [2.75, 3.05) is 13.2 Å². The van der Waals surface area contributed by atoms with Gasteiger partial charge in [0.2, 0.25) is 0 Å². The largest absolute Gasteiger partial charge is 0.361 e. The minimum absolute atomic E-state index is 0.194. The molecule has 222 valence electrons. The van der Waals surface area contributed by atoms with E-state index in [2.05, 4.69) is 55.2 Å². The first kappa shape index (κ1) is 31.1. The molecule has 0 unspecified atom stereocenters. The van der Waals surface area contributed by atoms with Crippen LogP contribution in [0.3, 0.4) is 0 Å². The van der Waals surface area contributed by atoms with Crippen LogP contribution >= 0.6 is 0 Å². The zero-order valence-electron chi connectivity index (χ0n) is 26.2. The number of nitrogens with one attached hydrogen (secondary N) is 1. The number of pyridine rings is 1. The van der Waals surface area contributed by atoms with Crippen LogP contribution in [-0.4, -0.2) is 64.9 Å². The first-order valence-corrected chi connectivity index (χ1v) is 21.8. The maximum absolute atomic E-state index is 13.4. The zero-order valence-corrected chi connectivity index (χ0v) is 28.2. The van der Waals surface area contributed by atoms with Gasteiger partial charge in [0.1, 0.15) is 30.4 Å². The van der Waals surface area contributed by atoms with Crippen molar-refractivity contribution in [3.8, 4) is 11.4 Å². The number of rotatable bonds is 12. The molecule has 1 amide bonds. The zero-order chi connectivity index (χ0) is 30.0. The molecule has 0 bridgehead atoms. The Morgan fingerprint density at radius 1 is 0.927 bits per heavy atom. The molecule has 0 aromatic carbocycles. The quantitative estimate of drug-likeness (QED) is 0.147. The second-order valence-corrected chi connectivity index (χ2v) is 25.5. The third-order valence-electron chi connectivity index (χ3n) is 6.67. The van der Waals surface area contributed by atoms with E-state index in [1.54, 1.807) is 18.6 Å². The summed E-state index contributed by atoms with van der Waals surface area (Å²) in [5.41, 5.74) is 3.46. The van der Waals surface area contributed by atoms with Gasteiger partial charge in [-0.25, -0.2) is 9.97 Å². The molecule has 0 aliphatic heterocycles. The predicted molar refractivity (Wildman–Crippen MR) is 172 cm³/mol. The molecule has 1 N–H and O–H groups in total. The predicted octanol–water partition coefficient (Wildman–Crippen LogP) is 6.60. The van der Waals surface area contributed by atoms with Gasteiger partial charge in [-0.2, -0.15) is 0 Å². The number of fused-ring (bicyclic) bond motifs is 2. The van der Waals surface area contributed by atoms with E-state index in [0.29, 0.717) is 48.2 Å². The smallest absolute Gasteiger partial charge is 0.255 e. The van der Waals surface area contributed by atoms with Crippen LogP contribution in [0.5, 0.6) is 0 Å². The fourth-order valence-corrected chi connectivity index (χ4v) is 5.88. The first-order valence-electron chi connectivity index (χ1n) is 14.4. The minimum Gasteiger partial charge on any atom is -0.361 e. The summed E-state index contributed by atoms with van der Waals surface area (Å²) in [6.45, 7) is 22.1. The van der Waals surface area contributed by atoms with Crippen molar-refractivity contribution in [3.05, 3.63) is 42.5 Å². The van der Waals surface area contributed by atoms with Crippen molar-refractivity contribution in [1.29, 1.82) is 0 Å². The fraction of sp³-hybridized carbons (Fsp3) is 0.533. The van der Waals surface area contributed by atoms with Crippen molar-refractivity contribution in [1.82, 2.24) is 29.4 Å². The molecule has 4 aromatic heterocycles. The molecule has 41 heavy (non-hydrogen) atoms. The Kier molecular flexibility index (Phi) is 9.22. The van der Waals surface area contributed by atoms with Gasteiger partial charge in [0, 0.05) is 58.9 Å². The van der Waals surface area contributed by atoms with E-state index in [-0.39, 0.29) is 5.91 Å². The average molecular weight is 595 g/mol. The van der Waals surface area contributed by atoms with Gasteiger partial charge in [0.25, 0.3) is 5.91 Å². The van der Waals surface area contributed by atoms with Crippen LogP contribution in [0.2, 0.25) is 51.4 Å². The summed E-state index contributed by atoms with van der Waals surface area (Å²) in [4.78, 5) is 27.8. The highest BCUT2D eigenvalue weighted by molar-refractivity contribution is 6.76. The number of hydrogen-bond acceptors (Lipinski definition) is 6. The molecule has 11 heteroatoms. The average Bonchev–Trinajstić information content (AvgIpc) is 3.43. The lowest BCUT2D eigenvalue weighted by Gasteiger charge is -2.20. The molecule has 0 radical (unpaired) electrons. The summed E-state index contributed by atoms with van der Waals surface area (Å²) in [5.74, 6) is -0.194. The lowest BCUT2D eigenvalue weighted by molar-refractivity contribution is 0.0885. The molecule has 0 spiro atoms. The summed E-state index contributed by atoms with van der Waals surface area (Å²) < 4.78 is 16.0. The van der Waals surface area contributed by atoms with Crippen molar-refractivity contribution < 1.29 is 14.3 Å². The number of hydrogen-bond donors (Lipinski definition) is 1. The Morgan fingerprint density at radius 2 is 1.56 bits per heavy atom. The Hall–Kier alpha value is -2.87. The van der Waals surface area contributed by atoms with E-state index in [4.69, 9.17) is 24.4 Å². The minimum atomic E-state index is -1.22. The van der Waals surface area contributed by atoms with Gasteiger partial charge in [-0.15, -0.1) is 0 Å². The van der Waals surface area contributed by atoms with E-state index in [1.165, 1.54) is 0 Å². The van der Waals surface area contributed by atoms with Crippen LogP contribution in [0.25, 0.3) is 33.5 Å². The molecule has 9 nitrogen and oxygen atoms in total. The van der Waals surface area contributed by atoms with Gasteiger partial charge in [-0.1, -0.05) is 39.3 Å². The second-order valence-electron chi connectivity index (χ2n) is 14.2. The number of nitrogens with zero attached hydrogens (tertiary/aromatic N) is 5. The van der Waals surface area contributed by atoms with Crippen LogP contribution in [-0.2, 0) is 22.9 Å². The number of ether oxygens (including phenoxy) is 2. The summed E-state index contributed by atoms with van der Waals surface area (Å²) in [7, 11) is -2.39. The number of aromatic nitrogens is 5. The molecular formula is C30H46N6O3Si2. The van der Waals surface area contributed by atoms with Crippen LogP contribution < -0.4 is 5.32 Å². The second kappa shape index (κ2) is 12.2. The Bertz CT molecular complexity index is 1510. The van der Waals surface area contributed by atoms with Gasteiger partial charge in [-0.3, -0.25) is 9.78 Å². The van der Waals surface area contributed by atoms with Gasteiger partial charge in [0.15, 0.2) is 5.65 Å².